The number of aliphatic hydroxyl groups is 1. The fraction of sp³-hybridized carbons (Fsp3) is 0.423. The second-order valence-corrected chi connectivity index (χ2v) is 38.9. The van der Waals surface area contributed by atoms with Crippen LogP contribution in [0.1, 0.15) is 206 Å². The predicted octanol–water partition coefficient (Wildman–Crippen LogP) is 20.7. The van der Waals surface area contributed by atoms with Crippen molar-refractivity contribution >= 4 is 99.3 Å². The maximum absolute atomic E-state index is 13.1. The number of carbonyl (C=O) groups is 8. The van der Waals surface area contributed by atoms with Crippen molar-refractivity contribution in [2.75, 3.05) is 26.2 Å². The van der Waals surface area contributed by atoms with Gasteiger partial charge in [0.15, 0.2) is 0 Å². The van der Waals surface area contributed by atoms with Gasteiger partial charge in [-0.15, -0.1) is 0 Å². The van der Waals surface area contributed by atoms with Crippen molar-refractivity contribution in [3.63, 3.8) is 0 Å². The van der Waals surface area contributed by atoms with Crippen LogP contribution < -0.4 is 28.4 Å². The third-order valence-corrected chi connectivity index (χ3v) is 26.6. The summed E-state index contributed by atoms with van der Waals surface area (Å²) >= 11 is 2.70. The lowest BCUT2D eigenvalue weighted by Crippen LogP contribution is -2.49. The van der Waals surface area contributed by atoms with Crippen LogP contribution in [0.5, 0.6) is 57.5 Å². The number of phenolic OH excluding ortho intramolecular Hbond substituents is 4. The van der Waals surface area contributed by atoms with Crippen LogP contribution in [0.4, 0.5) is 24.0 Å². The van der Waals surface area contributed by atoms with Gasteiger partial charge in [0.05, 0.1) is 41.0 Å². The Balaban J connectivity index is 0.000000166. The monoisotopic (exact) mass is 1750 g/mol. The largest absolute Gasteiger partial charge is 0.514 e. The number of hydrogen-bond donors (Lipinski definition) is 5. The summed E-state index contributed by atoms with van der Waals surface area (Å²) in [5.41, 5.74) is 14.8. The van der Waals surface area contributed by atoms with Gasteiger partial charge in [-0.3, -0.25) is 43.5 Å². The molecule has 0 spiro atoms. The van der Waals surface area contributed by atoms with E-state index in [1.54, 1.807) is 96.2 Å². The summed E-state index contributed by atoms with van der Waals surface area (Å²) in [7, 11) is 0. The van der Waals surface area contributed by atoms with Crippen LogP contribution in [-0.4, -0.2) is 146 Å². The lowest BCUT2D eigenvalue weighted by molar-refractivity contribution is -0.125. The van der Waals surface area contributed by atoms with Crippen LogP contribution in [0.3, 0.4) is 0 Å². The molecule has 7 aromatic rings. The van der Waals surface area contributed by atoms with Crippen LogP contribution in [0.25, 0.3) is 18.2 Å². The predicted molar refractivity (Wildman–Crippen MR) is 482 cm³/mol. The Morgan fingerprint density at radius 2 is 0.629 bits per heavy atom. The minimum Gasteiger partial charge on any atom is -0.508 e. The summed E-state index contributed by atoms with van der Waals surface area (Å²) in [4.78, 5) is 107. The van der Waals surface area contributed by atoms with E-state index in [0.29, 0.717) is 93.1 Å². The molecule has 7 aliphatic heterocycles. The van der Waals surface area contributed by atoms with Gasteiger partial charge in [0.25, 0.3) is 33.4 Å². The zero-order chi connectivity index (χ0) is 91.3. The highest BCUT2D eigenvalue weighted by molar-refractivity contribution is 8.19. The summed E-state index contributed by atoms with van der Waals surface area (Å²) in [5.74, 6) is 3.69. The van der Waals surface area contributed by atoms with E-state index in [4.69, 9.17) is 37.9 Å². The standard InChI is InChI=1S/2C29H33NO7S.C24H25NO5S.C15H22O2/c2*1-16-17(2)24-21(18(3)23(16)35-27(34)37-28(4,5)6)12-13-29(7,36-24)15-30-25(32)22(38-26(30)33)14-19-8-10-20(31)11-9-19;1-13-14(2)21-18(15(3)20(13)27)9-10-24(4,30-21)12-25-22(28)19(31-23(25)29)11-16-5-7-17(26)8-6-16;1-9-10(2)12(4)14-13(11(9)3)6-7-15(5,8-16)17-14/h2*8-11,14,31H,12-13,15H2,1-7H3;5-8,11,26-27H,9-10,12H2,1-4H3;16H,6-8H2,1-5H3/b2*22-14-;19-11-;. The minimum atomic E-state index is -0.788. The number of phenols is 4. The number of amides is 6. The Labute approximate surface area is 738 Å². The van der Waals surface area contributed by atoms with Gasteiger partial charge in [-0.2, -0.15) is 0 Å². The Hall–Kier alpha value is -10.9. The molecule has 14 rings (SSSR count). The van der Waals surface area contributed by atoms with E-state index in [2.05, 4.69) is 27.7 Å². The second kappa shape index (κ2) is 36.4. The molecular formula is C97H113N3O21S3. The molecule has 3 fully saturated rings. The lowest BCUT2D eigenvalue weighted by atomic mass is 9.85. The van der Waals surface area contributed by atoms with Gasteiger partial charge in [-0.05, 0) is 395 Å². The van der Waals surface area contributed by atoms with E-state index in [-0.39, 0.29) is 76.9 Å². The number of ether oxygens (including phenoxy) is 8. The normalized spacial score (nSPS) is 21.2. The molecule has 7 heterocycles. The summed E-state index contributed by atoms with van der Waals surface area (Å²) in [6.45, 7) is 44.4. The molecule has 660 valence electrons. The fourth-order valence-corrected chi connectivity index (χ4v) is 18.4. The molecule has 124 heavy (non-hydrogen) atoms. The highest BCUT2D eigenvalue weighted by atomic mass is 32.2. The number of thioether (sulfide) groups is 3. The molecule has 5 N–H and O–H groups in total. The molecule has 27 heteroatoms. The maximum Gasteiger partial charge on any atom is 0.514 e. The second-order valence-electron chi connectivity index (χ2n) is 35.9. The van der Waals surface area contributed by atoms with Crippen molar-refractivity contribution in [1.29, 1.82) is 0 Å². The highest BCUT2D eigenvalue weighted by Crippen LogP contribution is 2.50. The van der Waals surface area contributed by atoms with Crippen LogP contribution in [-0.2, 0) is 49.5 Å². The highest BCUT2D eigenvalue weighted by Gasteiger charge is 2.48. The molecule has 3 saturated heterocycles. The average Bonchev–Trinajstić information content (AvgIpc) is 0.981. The van der Waals surface area contributed by atoms with Gasteiger partial charge in [0.1, 0.15) is 91.1 Å². The van der Waals surface area contributed by atoms with Crippen molar-refractivity contribution in [3.05, 3.63) is 199 Å². The van der Waals surface area contributed by atoms with Gasteiger partial charge < -0.3 is 63.4 Å². The Kier molecular flexibility index (Phi) is 27.5. The van der Waals surface area contributed by atoms with Gasteiger partial charge in [0, 0.05) is 16.7 Å². The zero-order valence-electron chi connectivity index (χ0n) is 75.0. The Bertz CT molecular complexity index is 5380. The number of rotatable bonds is 12. The fourth-order valence-electron chi connectivity index (χ4n) is 15.9. The molecule has 0 radical (unpaired) electrons. The Morgan fingerprint density at radius 1 is 0.371 bits per heavy atom. The quantitative estimate of drug-likeness (QED) is 0.0431. The van der Waals surface area contributed by atoms with Gasteiger partial charge in [-0.25, -0.2) is 9.59 Å². The van der Waals surface area contributed by atoms with E-state index < -0.39 is 45.9 Å². The van der Waals surface area contributed by atoms with Gasteiger partial charge in [-0.1, -0.05) is 36.4 Å². The molecule has 0 saturated carbocycles. The molecule has 6 amide bonds. The Morgan fingerprint density at radius 3 is 0.927 bits per heavy atom. The van der Waals surface area contributed by atoms with Crippen molar-refractivity contribution in [3.8, 4) is 57.5 Å². The molecule has 0 aromatic heterocycles. The maximum atomic E-state index is 13.1. The number of aromatic hydroxyl groups is 4. The first kappa shape index (κ1) is 93.8. The molecule has 24 nitrogen and oxygen atoms in total. The van der Waals surface area contributed by atoms with E-state index in [1.807, 2.05) is 90.0 Å². The van der Waals surface area contributed by atoms with Crippen LogP contribution in [0.15, 0.2) is 87.5 Å². The molecule has 0 bridgehead atoms. The molecular weight excluding hydrogens is 1640 g/mol. The van der Waals surface area contributed by atoms with Gasteiger partial charge in [0.2, 0.25) is 0 Å². The summed E-state index contributed by atoms with van der Waals surface area (Å²) in [6.07, 6.45) is 9.03. The number of benzene rings is 7. The smallest absolute Gasteiger partial charge is 0.508 e. The molecule has 4 atom stereocenters. The van der Waals surface area contributed by atoms with Crippen LogP contribution >= 0.6 is 35.3 Å². The summed E-state index contributed by atoms with van der Waals surface area (Å²) in [5, 5.41) is 47.2. The summed E-state index contributed by atoms with van der Waals surface area (Å²) < 4.78 is 47.4. The molecule has 7 aromatic carbocycles. The molecule has 0 aliphatic carbocycles. The first-order valence-corrected chi connectivity index (χ1v) is 43.8. The van der Waals surface area contributed by atoms with E-state index in [9.17, 15) is 63.9 Å². The summed E-state index contributed by atoms with van der Waals surface area (Å²) in [6, 6.07) is 19.3. The third kappa shape index (κ3) is 20.7. The van der Waals surface area contributed by atoms with Crippen molar-refractivity contribution < 1.29 is 102 Å². The van der Waals surface area contributed by atoms with Crippen molar-refractivity contribution in [2.24, 2.45) is 0 Å². The number of hydrogen-bond acceptors (Lipinski definition) is 24. The molecule has 4 unspecified atom stereocenters. The average molecular weight is 1750 g/mol. The van der Waals surface area contributed by atoms with Gasteiger partial charge >= 0.3 is 12.3 Å². The lowest BCUT2D eigenvalue weighted by Gasteiger charge is -2.39. The molecule has 7 aliphatic rings. The minimum absolute atomic E-state index is 0.0812. The number of fused-ring (bicyclic) bond motifs is 4. The van der Waals surface area contributed by atoms with Crippen molar-refractivity contribution in [2.45, 2.75) is 244 Å². The van der Waals surface area contributed by atoms with Crippen LogP contribution in [0.2, 0.25) is 0 Å². The third-order valence-electron chi connectivity index (χ3n) is 23.9. The van der Waals surface area contributed by atoms with Crippen molar-refractivity contribution in [1.82, 2.24) is 14.7 Å². The van der Waals surface area contributed by atoms with E-state index in [1.165, 1.54) is 78.9 Å². The van der Waals surface area contributed by atoms with E-state index >= 15 is 0 Å². The first-order valence-electron chi connectivity index (χ1n) is 41.3. The number of nitrogens with zero attached hydrogens (tertiary/aromatic N) is 3. The van der Waals surface area contributed by atoms with Crippen LogP contribution in [0, 0.1) is 90.0 Å². The number of aliphatic hydroxyl groups excluding tert-OH is 1. The SMILES string of the molecule is Cc1c(C)c(C)c2c(c1C)CCC(C)(CO)O2.Cc1c(C)c2c(c(C)c1O)CCC(C)(CN1C(=O)S/C(=C\c3ccc(O)cc3)C1=O)O2.Cc1c(C)c2c(c(C)c1OC(=O)OC(C)(C)C)CCC(C)(CN1C(=O)S/C(=C\c3ccc(O)cc3)C1=O)O2.Cc1c(C)c2c(c(C)c1OC(=O)OC(C)(C)C)CCC(C)(CN1C(=O)S/C(=C\c3ccc(O)cc3)C1=O)O2. The van der Waals surface area contributed by atoms with E-state index in [0.717, 1.165) is 132 Å². The number of imide groups is 3. The first-order chi connectivity index (χ1) is 57.8. The topological polar surface area (TPSA) is 321 Å². The zero-order valence-corrected chi connectivity index (χ0v) is 77.4. The number of carbonyl (C=O) groups excluding carboxylic acids is 8.